The molecule has 0 saturated heterocycles. The van der Waals surface area contributed by atoms with Crippen LogP contribution in [0.15, 0.2) is 18.2 Å². The Morgan fingerprint density at radius 1 is 1.38 bits per heavy atom. The number of nitro benzene ring substituents is 1. The number of nitro groups is 1. The molecule has 0 radical (unpaired) electrons. The van der Waals surface area contributed by atoms with Crippen LogP contribution in [-0.2, 0) is 0 Å². The van der Waals surface area contributed by atoms with E-state index in [4.69, 9.17) is 4.74 Å². The quantitative estimate of drug-likeness (QED) is 0.682. The van der Waals surface area contributed by atoms with E-state index in [1.54, 1.807) is 6.07 Å². The Balaban J connectivity index is 2.57. The highest BCUT2D eigenvalue weighted by atomic mass is 16.6. The summed E-state index contributed by atoms with van der Waals surface area (Å²) in [4.78, 5) is 12.7. The first kappa shape index (κ1) is 15.7. The molecule has 1 aliphatic rings. The van der Waals surface area contributed by atoms with Crippen molar-refractivity contribution >= 4 is 5.69 Å². The predicted molar refractivity (Wildman–Crippen MR) is 79.5 cm³/mol. The Bertz CT molecular complexity index is 540. The zero-order valence-electron chi connectivity index (χ0n) is 12.9. The van der Waals surface area contributed by atoms with Gasteiger partial charge in [-0.1, -0.05) is 13.8 Å². The van der Waals surface area contributed by atoms with Crippen LogP contribution in [0.5, 0.6) is 5.75 Å². The Kier molecular flexibility index (Phi) is 4.20. The number of likely N-dealkylation sites (N-methyl/N-ethyl adjacent to an activating group) is 1. The molecule has 0 amide bonds. The van der Waals surface area contributed by atoms with Gasteiger partial charge in [0, 0.05) is 17.7 Å². The fourth-order valence-corrected chi connectivity index (χ4v) is 2.88. The van der Waals surface area contributed by atoms with Gasteiger partial charge in [0.05, 0.1) is 11.0 Å². The minimum atomic E-state index is -0.757. The lowest BCUT2D eigenvalue weighted by molar-refractivity contribution is -0.385. The van der Waals surface area contributed by atoms with Gasteiger partial charge in [0.25, 0.3) is 5.69 Å². The van der Waals surface area contributed by atoms with Crippen molar-refractivity contribution in [3.63, 3.8) is 0 Å². The number of rotatable bonds is 4. The summed E-state index contributed by atoms with van der Waals surface area (Å²) in [5.41, 5.74) is -0.0442. The number of non-ortho nitro benzene ring substituents is 1. The van der Waals surface area contributed by atoms with Crippen molar-refractivity contribution in [1.29, 1.82) is 0 Å². The van der Waals surface area contributed by atoms with E-state index in [1.807, 2.05) is 27.7 Å². The number of hydrogen-bond acceptors (Lipinski definition) is 5. The van der Waals surface area contributed by atoms with Crippen LogP contribution < -0.4 is 4.74 Å². The molecule has 1 aromatic carbocycles. The molecule has 6 heteroatoms. The van der Waals surface area contributed by atoms with Crippen molar-refractivity contribution in [2.75, 3.05) is 13.1 Å². The zero-order valence-corrected chi connectivity index (χ0v) is 12.9. The second-order valence-electron chi connectivity index (χ2n) is 5.80. The molecular formula is C15H22N2O4. The number of ether oxygens (including phenoxy) is 1. The van der Waals surface area contributed by atoms with Crippen LogP contribution >= 0.6 is 0 Å². The average Bonchev–Trinajstić information content (AvgIpc) is 2.43. The van der Waals surface area contributed by atoms with Crippen molar-refractivity contribution < 1.29 is 14.8 Å². The van der Waals surface area contributed by atoms with Gasteiger partial charge in [-0.25, -0.2) is 0 Å². The Labute approximate surface area is 124 Å². The van der Waals surface area contributed by atoms with Gasteiger partial charge < -0.3 is 9.84 Å². The number of fused-ring (bicyclic) bond motifs is 1. The Morgan fingerprint density at radius 2 is 2.00 bits per heavy atom. The van der Waals surface area contributed by atoms with Gasteiger partial charge in [0.1, 0.15) is 17.5 Å². The second kappa shape index (κ2) is 5.61. The summed E-state index contributed by atoms with van der Waals surface area (Å²) in [5.74, 6) is 0.604. The van der Waals surface area contributed by atoms with E-state index in [-0.39, 0.29) is 11.7 Å². The molecule has 2 rings (SSSR count). The minimum absolute atomic E-state index is 0.0152. The average molecular weight is 294 g/mol. The van der Waals surface area contributed by atoms with Crippen molar-refractivity contribution in [3.8, 4) is 5.75 Å². The highest BCUT2D eigenvalue weighted by Crippen LogP contribution is 2.43. The molecule has 2 atom stereocenters. The molecule has 0 saturated carbocycles. The van der Waals surface area contributed by atoms with E-state index in [9.17, 15) is 15.2 Å². The highest BCUT2D eigenvalue weighted by Gasteiger charge is 2.45. The van der Waals surface area contributed by atoms with Gasteiger partial charge in [0.2, 0.25) is 0 Å². The SMILES string of the molecule is CCN(CC)[C@@H]1c2cc([N+](=O)[O-])ccc2OC(C)(C)[C@H]1O. The van der Waals surface area contributed by atoms with Gasteiger partial charge >= 0.3 is 0 Å². The summed E-state index contributed by atoms with van der Waals surface area (Å²) in [6.07, 6.45) is -0.757. The normalized spacial score (nSPS) is 23.5. The standard InChI is InChI=1S/C15H22N2O4/c1-5-16(6-2)13-11-9-10(17(19)20)7-8-12(11)21-15(3,4)14(13)18/h7-9,13-14,18H,5-6H2,1-4H3/t13-,14+/m1/s1. The van der Waals surface area contributed by atoms with E-state index in [0.717, 1.165) is 13.1 Å². The second-order valence-corrected chi connectivity index (χ2v) is 5.80. The minimum Gasteiger partial charge on any atom is -0.485 e. The van der Waals surface area contributed by atoms with Crippen molar-refractivity contribution in [3.05, 3.63) is 33.9 Å². The van der Waals surface area contributed by atoms with Gasteiger partial charge in [-0.3, -0.25) is 15.0 Å². The van der Waals surface area contributed by atoms with Gasteiger partial charge in [-0.2, -0.15) is 0 Å². The van der Waals surface area contributed by atoms with E-state index >= 15 is 0 Å². The van der Waals surface area contributed by atoms with Crippen molar-refractivity contribution in [2.45, 2.75) is 45.4 Å². The van der Waals surface area contributed by atoms with Gasteiger partial charge in [-0.15, -0.1) is 0 Å². The van der Waals surface area contributed by atoms with E-state index in [0.29, 0.717) is 11.3 Å². The molecule has 0 aromatic heterocycles. The van der Waals surface area contributed by atoms with E-state index in [1.165, 1.54) is 12.1 Å². The lowest BCUT2D eigenvalue weighted by Crippen LogP contribution is -2.53. The summed E-state index contributed by atoms with van der Waals surface area (Å²) in [5, 5.41) is 21.7. The largest absolute Gasteiger partial charge is 0.485 e. The van der Waals surface area contributed by atoms with Crippen molar-refractivity contribution in [2.24, 2.45) is 0 Å². The number of aliphatic hydroxyl groups excluding tert-OH is 1. The zero-order chi connectivity index (χ0) is 15.8. The molecule has 116 valence electrons. The van der Waals surface area contributed by atoms with E-state index < -0.39 is 16.6 Å². The first-order chi connectivity index (χ1) is 9.81. The maximum absolute atomic E-state index is 11.0. The maximum Gasteiger partial charge on any atom is 0.270 e. The summed E-state index contributed by atoms with van der Waals surface area (Å²) < 4.78 is 5.84. The van der Waals surface area contributed by atoms with Crippen LogP contribution in [0.25, 0.3) is 0 Å². The van der Waals surface area contributed by atoms with E-state index in [2.05, 4.69) is 4.90 Å². The first-order valence-corrected chi connectivity index (χ1v) is 7.21. The monoisotopic (exact) mass is 294 g/mol. The molecule has 1 N–H and O–H groups in total. The summed E-state index contributed by atoms with van der Waals surface area (Å²) in [7, 11) is 0. The van der Waals surface area contributed by atoms with Crippen LogP contribution in [0.2, 0.25) is 0 Å². The molecule has 21 heavy (non-hydrogen) atoms. The molecular weight excluding hydrogens is 272 g/mol. The number of aliphatic hydroxyl groups is 1. The molecule has 0 unspecified atom stereocenters. The molecule has 1 aromatic rings. The first-order valence-electron chi connectivity index (χ1n) is 7.21. The molecule has 0 bridgehead atoms. The predicted octanol–water partition coefficient (Wildman–Crippen LogP) is 2.51. The molecule has 0 spiro atoms. The topological polar surface area (TPSA) is 75.8 Å². The summed E-state index contributed by atoms with van der Waals surface area (Å²) >= 11 is 0. The summed E-state index contributed by atoms with van der Waals surface area (Å²) in [6.45, 7) is 9.18. The third kappa shape index (κ3) is 2.73. The molecule has 0 aliphatic carbocycles. The number of hydrogen-bond donors (Lipinski definition) is 1. The van der Waals surface area contributed by atoms with Crippen LogP contribution in [-0.4, -0.2) is 39.7 Å². The van der Waals surface area contributed by atoms with Crippen LogP contribution in [0.1, 0.15) is 39.3 Å². The lowest BCUT2D eigenvalue weighted by Gasteiger charge is -2.45. The van der Waals surface area contributed by atoms with Gasteiger partial charge in [-0.05, 0) is 33.0 Å². The molecule has 1 heterocycles. The molecule has 0 fully saturated rings. The van der Waals surface area contributed by atoms with Crippen LogP contribution in [0, 0.1) is 10.1 Å². The third-order valence-corrected chi connectivity index (χ3v) is 4.11. The smallest absolute Gasteiger partial charge is 0.270 e. The van der Waals surface area contributed by atoms with Crippen LogP contribution in [0.3, 0.4) is 0 Å². The third-order valence-electron chi connectivity index (χ3n) is 4.11. The Morgan fingerprint density at radius 3 is 2.52 bits per heavy atom. The fourth-order valence-electron chi connectivity index (χ4n) is 2.88. The summed E-state index contributed by atoms with van der Waals surface area (Å²) in [6, 6.07) is 4.26. The molecule has 1 aliphatic heterocycles. The Hall–Kier alpha value is -1.66. The number of benzene rings is 1. The highest BCUT2D eigenvalue weighted by molar-refractivity contribution is 5.48. The lowest BCUT2D eigenvalue weighted by atomic mass is 9.85. The molecule has 6 nitrogen and oxygen atoms in total. The van der Waals surface area contributed by atoms with Crippen molar-refractivity contribution in [1.82, 2.24) is 4.90 Å². The van der Waals surface area contributed by atoms with Crippen LogP contribution in [0.4, 0.5) is 5.69 Å². The van der Waals surface area contributed by atoms with Gasteiger partial charge in [0.15, 0.2) is 0 Å². The maximum atomic E-state index is 11.0. The number of nitrogens with zero attached hydrogens (tertiary/aromatic N) is 2. The fraction of sp³-hybridized carbons (Fsp3) is 0.600.